The predicted octanol–water partition coefficient (Wildman–Crippen LogP) is 5.23. The van der Waals surface area contributed by atoms with E-state index in [1.165, 1.54) is 7.11 Å². The molecule has 3 heterocycles. The lowest BCUT2D eigenvalue weighted by Crippen LogP contribution is -2.30. The zero-order chi connectivity index (χ0) is 22.7. The molecule has 1 aliphatic heterocycles. The maximum absolute atomic E-state index is 11.6. The molecule has 0 radical (unpaired) electrons. The zero-order valence-electron chi connectivity index (χ0n) is 17.9. The van der Waals surface area contributed by atoms with Gasteiger partial charge in [0.15, 0.2) is 5.11 Å². The number of thiocarbonyl (C=S) groups is 1. The number of aromatic nitrogens is 1. The van der Waals surface area contributed by atoms with Crippen molar-refractivity contribution in [3.8, 4) is 11.3 Å². The van der Waals surface area contributed by atoms with E-state index >= 15 is 0 Å². The van der Waals surface area contributed by atoms with Gasteiger partial charge in [-0.05, 0) is 61.5 Å². The van der Waals surface area contributed by atoms with Crippen LogP contribution in [-0.4, -0.2) is 34.6 Å². The quantitative estimate of drug-likeness (QED) is 0.375. The number of methoxy groups -OCH3 is 1. The lowest BCUT2D eigenvalue weighted by atomic mass is 10.0. The van der Waals surface area contributed by atoms with Crippen LogP contribution in [0.5, 0.6) is 0 Å². The molecule has 0 amide bonds. The van der Waals surface area contributed by atoms with E-state index in [4.69, 9.17) is 33.0 Å². The number of ether oxygens (including phenoxy) is 1. The largest absolute Gasteiger partial charge is 0.469 e. The molecule has 1 saturated heterocycles. The van der Waals surface area contributed by atoms with Crippen LogP contribution >= 0.6 is 23.8 Å². The standard InChI is InChI=1S/C24H24ClN3O3S/c1-15-16(7-5-8-17(15)25)19-11-12-20(31-19)23-22(18-9-3-4-13-26-18)27-24(32)28(23)14-6-10-21(29)30-2/h3-5,7-9,11-13,22-23H,6,10,14H2,1-2H3,(H,27,32)/t22-,23-/m1/s1. The van der Waals surface area contributed by atoms with Crippen LogP contribution in [0.1, 0.15) is 41.9 Å². The van der Waals surface area contributed by atoms with E-state index in [0.29, 0.717) is 29.5 Å². The Morgan fingerprint density at radius 1 is 1.25 bits per heavy atom. The van der Waals surface area contributed by atoms with Crippen LogP contribution in [0.2, 0.25) is 5.02 Å². The van der Waals surface area contributed by atoms with E-state index in [2.05, 4.69) is 15.2 Å². The van der Waals surface area contributed by atoms with Crippen molar-refractivity contribution in [3.05, 3.63) is 76.8 Å². The maximum Gasteiger partial charge on any atom is 0.305 e. The highest BCUT2D eigenvalue weighted by molar-refractivity contribution is 7.80. The fourth-order valence-corrected chi connectivity index (χ4v) is 4.49. The summed E-state index contributed by atoms with van der Waals surface area (Å²) in [5, 5.41) is 4.69. The molecule has 1 aliphatic rings. The van der Waals surface area contributed by atoms with Crippen LogP contribution in [0.25, 0.3) is 11.3 Å². The third-order valence-electron chi connectivity index (χ3n) is 5.66. The fourth-order valence-electron chi connectivity index (χ4n) is 3.98. The topological polar surface area (TPSA) is 67.6 Å². The van der Waals surface area contributed by atoms with Crippen molar-refractivity contribution in [3.63, 3.8) is 0 Å². The number of carbonyl (C=O) groups is 1. The number of benzene rings is 1. The summed E-state index contributed by atoms with van der Waals surface area (Å²) in [6, 6.07) is 15.1. The Balaban J connectivity index is 1.67. The van der Waals surface area contributed by atoms with Crippen molar-refractivity contribution < 1.29 is 13.9 Å². The Bertz CT molecular complexity index is 1120. The Morgan fingerprint density at radius 3 is 2.84 bits per heavy atom. The number of rotatable bonds is 7. The third-order valence-corrected chi connectivity index (χ3v) is 6.42. The molecular formula is C24H24ClN3O3S. The van der Waals surface area contributed by atoms with Crippen molar-refractivity contribution in [2.45, 2.75) is 31.8 Å². The molecule has 8 heteroatoms. The van der Waals surface area contributed by atoms with Crippen LogP contribution in [-0.2, 0) is 9.53 Å². The molecular weight excluding hydrogens is 446 g/mol. The van der Waals surface area contributed by atoms with Crippen molar-refractivity contribution in [2.24, 2.45) is 0 Å². The SMILES string of the molecule is COC(=O)CCCN1C(=S)N[C@H](c2ccccn2)[C@H]1c1ccc(-c2cccc(Cl)c2C)o1. The molecule has 2 atom stereocenters. The summed E-state index contributed by atoms with van der Waals surface area (Å²) in [6.07, 6.45) is 2.70. The summed E-state index contributed by atoms with van der Waals surface area (Å²) >= 11 is 12.0. The molecule has 3 aromatic rings. The maximum atomic E-state index is 11.6. The summed E-state index contributed by atoms with van der Waals surface area (Å²) < 4.78 is 11.1. The van der Waals surface area contributed by atoms with Gasteiger partial charge in [0.1, 0.15) is 17.6 Å². The average Bonchev–Trinajstić information content (AvgIpc) is 3.41. The first-order chi connectivity index (χ1) is 15.5. The van der Waals surface area contributed by atoms with Gasteiger partial charge in [-0.1, -0.05) is 29.8 Å². The molecule has 32 heavy (non-hydrogen) atoms. The normalized spacial score (nSPS) is 18.0. The van der Waals surface area contributed by atoms with Gasteiger partial charge < -0.3 is 19.4 Å². The van der Waals surface area contributed by atoms with Crippen LogP contribution < -0.4 is 5.32 Å². The summed E-state index contributed by atoms with van der Waals surface area (Å²) in [6.45, 7) is 2.56. The lowest BCUT2D eigenvalue weighted by molar-refractivity contribution is -0.140. The highest BCUT2D eigenvalue weighted by Gasteiger charge is 2.41. The lowest BCUT2D eigenvalue weighted by Gasteiger charge is -2.26. The van der Waals surface area contributed by atoms with Gasteiger partial charge in [0.2, 0.25) is 0 Å². The molecule has 0 bridgehead atoms. The molecule has 1 N–H and O–H groups in total. The number of halogens is 1. The van der Waals surface area contributed by atoms with Crippen LogP contribution in [0.3, 0.4) is 0 Å². The first-order valence-electron chi connectivity index (χ1n) is 10.4. The van der Waals surface area contributed by atoms with Crippen molar-refractivity contribution in [1.29, 1.82) is 0 Å². The minimum Gasteiger partial charge on any atom is -0.469 e. The Morgan fingerprint density at radius 2 is 2.09 bits per heavy atom. The van der Waals surface area contributed by atoms with Crippen LogP contribution in [0, 0.1) is 6.92 Å². The summed E-state index contributed by atoms with van der Waals surface area (Å²) in [4.78, 5) is 18.2. The van der Waals surface area contributed by atoms with E-state index in [1.807, 2.05) is 55.5 Å². The Kier molecular flexibility index (Phi) is 6.77. The van der Waals surface area contributed by atoms with Gasteiger partial charge in [0, 0.05) is 29.7 Å². The van der Waals surface area contributed by atoms with Crippen molar-refractivity contribution in [2.75, 3.05) is 13.7 Å². The number of hydrogen-bond acceptors (Lipinski definition) is 5. The smallest absolute Gasteiger partial charge is 0.305 e. The number of carbonyl (C=O) groups excluding carboxylic acids is 1. The van der Waals surface area contributed by atoms with Gasteiger partial charge in [-0.15, -0.1) is 0 Å². The van der Waals surface area contributed by atoms with Crippen molar-refractivity contribution in [1.82, 2.24) is 15.2 Å². The van der Waals surface area contributed by atoms with Crippen LogP contribution in [0.15, 0.2) is 59.1 Å². The molecule has 0 saturated carbocycles. The van der Waals surface area contributed by atoms with Gasteiger partial charge >= 0.3 is 5.97 Å². The summed E-state index contributed by atoms with van der Waals surface area (Å²) in [5.41, 5.74) is 2.78. The second-order valence-corrected chi connectivity index (χ2v) is 8.41. The minimum absolute atomic E-state index is 0.179. The highest BCUT2D eigenvalue weighted by Crippen LogP contribution is 2.41. The number of nitrogens with one attached hydrogen (secondary N) is 1. The summed E-state index contributed by atoms with van der Waals surface area (Å²) in [5.74, 6) is 1.27. The van der Waals surface area contributed by atoms with Gasteiger partial charge in [0.25, 0.3) is 0 Å². The van der Waals surface area contributed by atoms with Crippen LogP contribution in [0.4, 0.5) is 0 Å². The Labute approximate surface area is 197 Å². The predicted molar refractivity (Wildman–Crippen MR) is 127 cm³/mol. The number of nitrogens with zero attached hydrogens (tertiary/aromatic N) is 2. The van der Waals surface area contributed by atoms with E-state index in [0.717, 1.165) is 28.3 Å². The fraction of sp³-hybridized carbons (Fsp3) is 0.292. The van der Waals surface area contributed by atoms with Gasteiger partial charge in [-0.25, -0.2) is 0 Å². The highest BCUT2D eigenvalue weighted by atomic mass is 35.5. The van der Waals surface area contributed by atoms with Gasteiger partial charge in [-0.3, -0.25) is 9.78 Å². The molecule has 0 unspecified atom stereocenters. The van der Waals surface area contributed by atoms with Crippen molar-refractivity contribution >= 4 is 34.9 Å². The monoisotopic (exact) mass is 469 g/mol. The zero-order valence-corrected chi connectivity index (χ0v) is 19.4. The summed E-state index contributed by atoms with van der Waals surface area (Å²) in [7, 11) is 1.40. The van der Waals surface area contributed by atoms with E-state index < -0.39 is 0 Å². The molecule has 4 rings (SSSR count). The van der Waals surface area contributed by atoms with Gasteiger partial charge in [0.05, 0.1) is 18.8 Å². The number of esters is 1. The van der Waals surface area contributed by atoms with E-state index in [9.17, 15) is 4.79 Å². The molecule has 0 aliphatic carbocycles. The molecule has 2 aromatic heterocycles. The molecule has 0 spiro atoms. The number of hydrogen-bond donors (Lipinski definition) is 1. The first kappa shape index (κ1) is 22.3. The van der Waals surface area contributed by atoms with Gasteiger partial charge in [-0.2, -0.15) is 0 Å². The third kappa shape index (κ3) is 4.49. The first-order valence-corrected chi connectivity index (χ1v) is 11.2. The molecule has 1 fully saturated rings. The second kappa shape index (κ2) is 9.71. The second-order valence-electron chi connectivity index (χ2n) is 7.61. The minimum atomic E-state index is -0.238. The van der Waals surface area contributed by atoms with E-state index in [1.54, 1.807) is 6.20 Å². The van der Waals surface area contributed by atoms with E-state index in [-0.39, 0.29) is 18.1 Å². The Hall–Kier alpha value is -2.90. The molecule has 1 aromatic carbocycles. The number of furan rings is 1. The number of pyridine rings is 1. The average molecular weight is 470 g/mol. The molecule has 166 valence electrons. The molecule has 6 nitrogen and oxygen atoms in total.